The van der Waals surface area contributed by atoms with Crippen LogP contribution in [-0.2, 0) is 18.6 Å². The summed E-state index contributed by atoms with van der Waals surface area (Å²) in [5.41, 5.74) is -0.0161. The molecule has 11 heteroatoms. The van der Waals surface area contributed by atoms with E-state index in [1.807, 2.05) is 0 Å². The summed E-state index contributed by atoms with van der Waals surface area (Å²) in [5, 5.41) is 40.5. The first-order valence-corrected chi connectivity index (χ1v) is 5.72. The van der Waals surface area contributed by atoms with Gasteiger partial charge in [0.05, 0.1) is 11.1 Å². The largest absolute Gasteiger partial charge is 4.00 e. The van der Waals surface area contributed by atoms with E-state index < -0.39 is 16.6 Å². The number of hydrogen-bond donors (Lipinski definition) is 0. The molecule has 0 saturated carbocycles. The summed E-state index contributed by atoms with van der Waals surface area (Å²) in [6.45, 7) is 0. The minimum atomic E-state index is -0.630. The molecule has 0 aliphatic heterocycles. The van der Waals surface area contributed by atoms with Crippen LogP contribution in [0.2, 0.25) is 0 Å². The topological polar surface area (TPSA) is 187 Å². The van der Waals surface area contributed by atoms with Crippen LogP contribution in [-0.4, -0.2) is 33.0 Å². The number of nitrogens with zero attached hydrogens (tertiary/aromatic N) is 4. The first-order valence-electron chi connectivity index (χ1n) is 5.72. The molecule has 0 unspecified atom stereocenters. The Kier molecular flexibility index (Phi) is 10.6. The van der Waals surface area contributed by atoms with E-state index in [0.29, 0.717) is 0 Å². The fraction of sp³-hybridized carbons (Fsp3) is 0. The van der Waals surface area contributed by atoms with Crippen molar-refractivity contribution < 1.29 is 44.6 Å². The van der Waals surface area contributed by atoms with E-state index in [9.17, 15) is 20.3 Å². The molecule has 1 aromatic carbocycles. The van der Waals surface area contributed by atoms with Gasteiger partial charge >= 0.3 is 18.6 Å². The second kappa shape index (κ2) is 10.9. The van der Waals surface area contributed by atoms with Gasteiger partial charge in [-0.15, -0.1) is 0 Å². The molecule has 1 heterocycles. The molecule has 0 fully saturated rings. The Labute approximate surface area is 147 Å². The summed E-state index contributed by atoms with van der Waals surface area (Å²) in [6.07, 6.45) is 3.84. The average molecular weight is 369 g/mol. The van der Waals surface area contributed by atoms with Crippen LogP contribution < -0.4 is 10.2 Å². The van der Waals surface area contributed by atoms with E-state index in [1.54, 1.807) is 6.07 Å². The molecular formula is C13H10N4O6V. The zero-order chi connectivity index (χ0) is 15.2. The van der Waals surface area contributed by atoms with E-state index in [-0.39, 0.29) is 46.3 Å². The Balaban J connectivity index is 0. The maximum Gasteiger partial charge on any atom is 4.00 e. The SMILES string of the molecule is O=[N+]([O-])c1ccc([O-])c(/C=N/N=C(\[O-])c2cccnc2)c1.[OH-].[OH-].[V+4]. The summed E-state index contributed by atoms with van der Waals surface area (Å²) < 4.78 is 0. The first kappa shape index (κ1) is 23.5. The number of pyridine rings is 1. The minimum absolute atomic E-state index is 0. The maximum absolute atomic E-state index is 11.6. The molecule has 0 aliphatic carbocycles. The third-order valence-electron chi connectivity index (χ3n) is 2.46. The molecule has 0 bridgehead atoms. The third-order valence-corrected chi connectivity index (χ3v) is 2.46. The predicted octanol–water partition coefficient (Wildman–Crippen LogP) is -0.152. The molecule has 0 spiro atoms. The monoisotopic (exact) mass is 369 g/mol. The molecule has 0 aliphatic rings. The normalized spacial score (nSPS) is 10.2. The van der Waals surface area contributed by atoms with Crippen LogP contribution >= 0.6 is 0 Å². The van der Waals surface area contributed by atoms with Crippen molar-refractivity contribution in [1.29, 1.82) is 0 Å². The summed E-state index contributed by atoms with van der Waals surface area (Å²) in [5.74, 6) is -1.08. The van der Waals surface area contributed by atoms with Gasteiger partial charge in [-0.1, -0.05) is 17.9 Å². The van der Waals surface area contributed by atoms with Gasteiger partial charge in [-0.25, -0.2) is 0 Å². The van der Waals surface area contributed by atoms with Gasteiger partial charge in [-0.05, 0) is 11.6 Å². The van der Waals surface area contributed by atoms with Crippen molar-refractivity contribution in [1.82, 2.24) is 4.98 Å². The van der Waals surface area contributed by atoms with E-state index in [0.717, 1.165) is 24.4 Å². The van der Waals surface area contributed by atoms with Gasteiger partial charge in [-0.2, -0.15) is 10.2 Å². The molecule has 1 aromatic heterocycles. The predicted molar refractivity (Wildman–Crippen MR) is 74.8 cm³/mol. The van der Waals surface area contributed by atoms with E-state index >= 15 is 0 Å². The Morgan fingerprint density at radius 2 is 1.96 bits per heavy atom. The molecule has 0 saturated heterocycles. The Morgan fingerprint density at radius 1 is 1.25 bits per heavy atom. The van der Waals surface area contributed by atoms with Gasteiger partial charge in [-0.3, -0.25) is 15.1 Å². The van der Waals surface area contributed by atoms with Gasteiger partial charge in [0.1, 0.15) is 0 Å². The molecule has 2 rings (SSSR count). The number of hydrogen-bond acceptors (Lipinski definition) is 9. The summed E-state index contributed by atoms with van der Waals surface area (Å²) >= 11 is 0. The summed E-state index contributed by atoms with van der Waals surface area (Å²) in [7, 11) is 0. The van der Waals surface area contributed by atoms with Gasteiger partial charge in [0.2, 0.25) is 0 Å². The number of non-ortho nitro benzene ring substituents is 1. The van der Waals surface area contributed by atoms with Crippen LogP contribution in [0.3, 0.4) is 0 Å². The first-order chi connectivity index (χ1) is 10.1. The molecule has 2 N–H and O–H groups in total. The number of aromatic nitrogens is 1. The number of rotatable bonds is 4. The fourth-order valence-electron chi connectivity index (χ4n) is 1.44. The molecule has 24 heavy (non-hydrogen) atoms. The van der Waals surface area contributed by atoms with E-state index in [1.165, 1.54) is 18.5 Å². The van der Waals surface area contributed by atoms with Crippen molar-refractivity contribution in [3.05, 3.63) is 64.0 Å². The molecule has 0 atom stereocenters. The van der Waals surface area contributed by atoms with Crippen LogP contribution in [0.15, 0.2) is 52.9 Å². The molecule has 10 nitrogen and oxygen atoms in total. The number of benzene rings is 1. The van der Waals surface area contributed by atoms with E-state index in [2.05, 4.69) is 15.2 Å². The molecule has 2 aromatic rings. The Morgan fingerprint density at radius 3 is 2.54 bits per heavy atom. The van der Waals surface area contributed by atoms with Crippen LogP contribution in [0, 0.1) is 10.1 Å². The van der Waals surface area contributed by atoms with E-state index in [4.69, 9.17) is 0 Å². The fourth-order valence-corrected chi connectivity index (χ4v) is 1.44. The second-order valence-electron chi connectivity index (χ2n) is 3.87. The molecule has 0 amide bonds. The summed E-state index contributed by atoms with van der Waals surface area (Å²) in [6, 6.07) is 6.31. The van der Waals surface area contributed by atoms with Gasteiger partial charge in [0.25, 0.3) is 5.69 Å². The van der Waals surface area contributed by atoms with Crippen LogP contribution in [0.1, 0.15) is 11.1 Å². The van der Waals surface area contributed by atoms with Crippen LogP contribution in [0.25, 0.3) is 0 Å². The van der Waals surface area contributed by atoms with Gasteiger partial charge in [0.15, 0.2) is 0 Å². The number of nitro benzene ring substituents is 1. The standard InChI is InChI=1S/C13H10N4O4.2H2O.V/c18-12-4-3-11(17(20)21)6-10(12)8-15-16-13(19)9-2-1-5-14-7-9;;;/h1-8,18H,(H,16,19);2*1H2;/q;;;+4/p-4/b15-8+;;;. The van der Waals surface area contributed by atoms with Gasteiger partial charge < -0.3 is 21.2 Å². The van der Waals surface area contributed by atoms with Crippen molar-refractivity contribution in [2.24, 2.45) is 10.2 Å². The zero-order valence-electron chi connectivity index (χ0n) is 11.9. The molecule has 1 radical (unpaired) electrons. The van der Waals surface area contributed by atoms with Gasteiger partial charge in [0, 0.05) is 36.0 Å². The average Bonchev–Trinajstić information content (AvgIpc) is 2.49. The van der Waals surface area contributed by atoms with Crippen molar-refractivity contribution in [2.45, 2.75) is 0 Å². The molecular weight excluding hydrogens is 359 g/mol. The maximum atomic E-state index is 11.6. The smallest absolute Gasteiger partial charge is 0.872 e. The minimum Gasteiger partial charge on any atom is -0.872 e. The van der Waals surface area contributed by atoms with Crippen molar-refractivity contribution >= 4 is 17.8 Å². The van der Waals surface area contributed by atoms with Crippen molar-refractivity contribution in [3.63, 3.8) is 0 Å². The molecule has 123 valence electrons. The quantitative estimate of drug-likeness (QED) is 0.310. The van der Waals surface area contributed by atoms with Crippen molar-refractivity contribution in [2.75, 3.05) is 0 Å². The number of nitro groups is 1. The Bertz CT molecular complexity index is 724. The summed E-state index contributed by atoms with van der Waals surface area (Å²) in [4.78, 5) is 13.7. The van der Waals surface area contributed by atoms with Crippen LogP contribution in [0.4, 0.5) is 5.69 Å². The Hall–Kier alpha value is -2.79. The van der Waals surface area contributed by atoms with Crippen molar-refractivity contribution in [3.8, 4) is 5.75 Å². The third kappa shape index (κ3) is 6.14. The second-order valence-corrected chi connectivity index (χ2v) is 3.87. The zero-order valence-corrected chi connectivity index (χ0v) is 13.3. The van der Waals surface area contributed by atoms with Crippen LogP contribution in [0.5, 0.6) is 5.75 Å².